The first-order valence-electron chi connectivity index (χ1n) is 6.29. The third-order valence-corrected chi connectivity index (χ3v) is 2.65. The minimum atomic E-state index is -0.515. The average Bonchev–Trinajstić information content (AvgIpc) is 2.86. The second-order valence-electron chi connectivity index (χ2n) is 4.32. The van der Waals surface area contributed by atoms with Crippen LogP contribution in [0.5, 0.6) is 0 Å². The molecule has 0 unspecified atom stereocenters. The molecular formula is C15H14FN3O2. The van der Waals surface area contributed by atoms with Gasteiger partial charge in [-0.25, -0.2) is 4.39 Å². The Hall–Kier alpha value is -2.65. The lowest BCUT2D eigenvalue weighted by molar-refractivity contribution is 0.102. The van der Waals surface area contributed by atoms with Gasteiger partial charge in [0.05, 0.1) is 24.1 Å². The summed E-state index contributed by atoms with van der Waals surface area (Å²) in [7, 11) is 1.73. The number of benzene rings is 1. The van der Waals surface area contributed by atoms with Gasteiger partial charge in [-0.2, -0.15) is 5.10 Å². The lowest BCUT2D eigenvalue weighted by Crippen LogP contribution is -2.13. The minimum absolute atomic E-state index is 0.0641. The third kappa shape index (κ3) is 3.91. The highest BCUT2D eigenvalue weighted by molar-refractivity contribution is 6.05. The van der Waals surface area contributed by atoms with Gasteiger partial charge in [-0.3, -0.25) is 9.48 Å². The topological polar surface area (TPSA) is 67.2 Å². The first kappa shape index (κ1) is 14.8. The maximum Gasteiger partial charge on any atom is 0.257 e. The molecule has 1 amide bonds. The van der Waals surface area contributed by atoms with Crippen molar-refractivity contribution in [3.05, 3.63) is 47.5 Å². The molecule has 6 heteroatoms. The molecule has 0 saturated heterocycles. The molecule has 5 nitrogen and oxygen atoms in total. The van der Waals surface area contributed by atoms with E-state index in [9.17, 15) is 9.18 Å². The molecule has 0 saturated carbocycles. The number of amides is 1. The minimum Gasteiger partial charge on any atom is -0.395 e. The SMILES string of the molecule is Cn1cc(NC(=O)c2cc(F)ccc2C#CCCO)cn1. The maximum absolute atomic E-state index is 13.4. The number of aliphatic hydroxyl groups is 1. The standard InChI is InChI=1S/C15H14FN3O2/c1-19-10-13(9-17-19)18-15(21)14-8-12(16)6-5-11(14)4-2-3-7-20/h5-6,8-10,20H,3,7H2,1H3,(H,18,21). The Morgan fingerprint density at radius 3 is 3.00 bits per heavy atom. The van der Waals surface area contributed by atoms with Gasteiger partial charge < -0.3 is 10.4 Å². The highest BCUT2D eigenvalue weighted by atomic mass is 19.1. The number of anilines is 1. The molecule has 0 spiro atoms. The Bertz CT molecular complexity index is 713. The van der Waals surface area contributed by atoms with Crippen LogP contribution in [-0.2, 0) is 7.05 Å². The fourth-order valence-corrected chi connectivity index (χ4v) is 1.71. The molecule has 21 heavy (non-hydrogen) atoms. The summed E-state index contributed by atoms with van der Waals surface area (Å²) in [6.45, 7) is -0.0641. The molecule has 0 radical (unpaired) electrons. The predicted molar refractivity (Wildman–Crippen MR) is 76.1 cm³/mol. The summed E-state index contributed by atoms with van der Waals surface area (Å²) in [4.78, 5) is 12.2. The van der Waals surface area contributed by atoms with E-state index in [2.05, 4.69) is 22.3 Å². The zero-order valence-corrected chi connectivity index (χ0v) is 11.4. The first-order chi connectivity index (χ1) is 10.1. The summed E-state index contributed by atoms with van der Waals surface area (Å²) in [5.74, 6) is 4.49. The number of hydrogen-bond donors (Lipinski definition) is 2. The van der Waals surface area contributed by atoms with Crippen LogP contribution in [0.2, 0.25) is 0 Å². The zero-order chi connectivity index (χ0) is 15.2. The van der Waals surface area contributed by atoms with Gasteiger partial charge in [0.2, 0.25) is 0 Å². The van der Waals surface area contributed by atoms with Gasteiger partial charge in [-0.05, 0) is 18.2 Å². The fraction of sp³-hybridized carbons (Fsp3) is 0.200. The molecule has 1 aromatic carbocycles. The molecule has 2 rings (SSSR count). The Labute approximate surface area is 121 Å². The van der Waals surface area contributed by atoms with Crippen molar-refractivity contribution in [1.29, 1.82) is 0 Å². The van der Waals surface area contributed by atoms with Gasteiger partial charge in [0, 0.05) is 25.2 Å². The average molecular weight is 287 g/mol. The number of carbonyl (C=O) groups is 1. The highest BCUT2D eigenvalue weighted by Crippen LogP contribution is 2.13. The number of aromatic nitrogens is 2. The second-order valence-corrected chi connectivity index (χ2v) is 4.32. The van der Waals surface area contributed by atoms with E-state index < -0.39 is 11.7 Å². The molecule has 108 valence electrons. The number of halogens is 1. The van der Waals surface area contributed by atoms with E-state index in [1.165, 1.54) is 18.3 Å². The van der Waals surface area contributed by atoms with Crippen molar-refractivity contribution in [3.8, 4) is 11.8 Å². The van der Waals surface area contributed by atoms with Crippen molar-refractivity contribution in [2.24, 2.45) is 7.05 Å². The molecule has 2 N–H and O–H groups in total. The fourth-order valence-electron chi connectivity index (χ4n) is 1.71. The van der Waals surface area contributed by atoms with Crippen LogP contribution in [0.3, 0.4) is 0 Å². The summed E-state index contributed by atoms with van der Waals surface area (Å²) in [6.07, 6.45) is 3.42. The van der Waals surface area contributed by atoms with E-state index in [1.54, 1.807) is 17.9 Å². The van der Waals surface area contributed by atoms with E-state index in [4.69, 9.17) is 5.11 Å². The van der Waals surface area contributed by atoms with Crippen molar-refractivity contribution >= 4 is 11.6 Å². The molecule has 0 fully saturated rings. The number of aryl methyl sites for hydroxylation is 1. The Morgan fingerprint density at radius 1 is 1.52 bits per heavy atom. The number of nitrogens with one attached hydrogen (secondary N) is 1. The largest absolute Gasteiger partial charge is 0.395 e. The lowest BCUT2D eigenvalue weighted by atomic mass is 10.1. The summed E-state index contributed by atoms with van der Waals surface area (Å²) in [5.41, 5.74) is 1.07. The number of rotatable bonds is 3. The van der Waals surface area contributed by atoms with Gasteiger partial charge in [0.1, 0.15) is 5.82 Å². The Morgan fingerprint density at radius 2 is 2.33 bits per heavy atom. The first-order valence-corrected chi connectivity index (χ1v) is 6.29. The monoisotopic (exact) mass is 287 g/mol. The molecule has 0 bridgehead atoms. The summed E-state index contributed by atoms with van der Waals surface area (Å²) in [6, 6.07) is 3.82. The van der Waals surface area contributed by atoms with E-state index >= 15 is 0 Å². The zero-order valence-electron chi connectivity index (χ0n) is 11.4. The maximum atomic E-state index is 13.4. The van der Waals surface area contributed by atoms with Crippen LogP contribution in [0.1, 0.15) is 22.3 Å². The number of nitrogens with zero attached hydrogens (tertiary/aromatic N) is 2. The van der Waals surface area contributed by atoms with E-state index in [0.29, 0.717) is 17.7 Å². The summed E-state index contributed by atoms with van der Waals surface area (Å²) < 4.78 is 14.9. The van der Waals surface area contributed by atoms with E-state index in [1.807, 2.05) is 0 Å². The van der Waals surface area contributed by atoms with Crippen LogP contribution in [0.15, 0.2) is 30.6 Å². The molecule has 0 aliphatic heterocycles. The van der Waals surface area contributed by atoms with Crippen molar-refractivity contribution in [2.45, 2.75) is 6.42 Å². The normalized spacial score (nSPS) is 9.86. The van der Waals surface area contributed by atoms with Gasteiger partial charge in [-0.15, -0.1) is 0 Å². The van der Waals surface area contributed by atoms with Crippen molar-refractivity contribution < 1.29 is 14.3 Å². The highest BCUT2D eigenvalue weighted by Gasteiger charge is 2.12. The van der Waals surface area contributed by atoms with E-state index in [0.717, 1.165) is 6.07 Å². The molecule has 0 aliphatic rings. The molecule has 1 heterocycles. The predicted octanol–water partition coefficient (Wildman–Crippen LogP) is 1.55. The van der Waals surface area contributed by atoms with Crippen LogP contribution >= 0.6 is 0 Å². The molecule has 0 atom stereocenters. The van der Waals surface area contributed by atoms with Crippen LogP contribution in [-0.4, -0.2) is 27.4 Å². The molecule has 1 aromatic heterocycles. The van der Waals surface area contributed by atoms with Gasteiger partial charge in [0.15, 0.2) is 0 Å². The number of carbonyl (C=O) groups excluding carboxylic acids is 1. The Kier molecular flexibility index (Phi) is 4.69. The van der Waals surface area contributed by atoms with Crippen LogP contribution in [0.4, 0.5) is 10.1 Å². The van der Waals surface area contributed by atoms with Gasteiger partial charge in [0.25, 0.3) is 5.91 Å². The van der Waals surface area contributed by atoms with E-state index in [-0.39, 0.29) is 12.2 Å². The van der Waals surface area contributed by atoms with Crippen LogP contribution < -0.4 is 5.32 Å². The second kappa shape index (κ2) is 6.68. The smallest absolute Gasteiger partial charge is 0.257 e. The van der Waals surface area contributed by atoms with Crippen LogP contribution in [0.25, 0.3) is 0 Å². The quantitative estimate of drug-likeness (QED) is 0.842. The molecular weight excluding hydrogens is 273 g/mol. The van der Waals surface area contributed by atoms with Crippen molar-refractivity contribution in [1.82, 2.24) is 9.78 Å². The third-order valence-electron chi connectivity index (χ3n) is 2.65. The lowest BCUT2D eigenvalue weighted by Gasteiger charge is -2.05. The summed E-state index contributed by atoms with van der Waals surface area (Å²) in [5, 5.41) is 15.3. The Balaban J connectivity index is 2.26. The summed E-state index contributed by atoms with van der Waals surface area (Å²) >= 11 is 0. The van der Waals surface area contributed by atoms with Gasteiger partial charge in [-0.1, -0.05) is 11.8 Å². The molecule has 2 aromatic rings. The number of aliphatic hydroxyl groups excluding tert-OH is 1. The van der Waals surface area contributed by atoms with Crippen molar-refractivity contribution in [3.63, 3.8) is 0 Å². The number of hydrogen-bond acceptors (Lipinski definition) is 3. The molecule has 0 aliphatic carbocycles. The van der Waals surface area contributed by atoms with Gasteiger partial charge >= 0.3 is 0 Å². The van der Waals surface area contributed by atoms with Crippen molar-refractivity contribution in [2.75, 3.05) is 11.9 Å². The van der Waals surface area contributed by atoms with Crippen LogP contribution in [0, 0.1) is 17.7 Å².